The summed E-state index contributed by atoms with van der Waals surface area (Å²) in [5.74, 6) is 0.251. The van der Waals surface area contributed by atoms with Crippen LogP contribution < -0.4 is 10.1 Å². The largest absolute Gasteiger partial charge is 0.471 e. The second-order valence-corrected chi connectivity index (χ2v) is 7.20. The molecule has 34 heavy (non-hydrogen) atoms. The number of ether oxygens (including phenoxy) is 1. The second kappa shape index (κ2) is 10.3. The maximum Gasteiger partial charge on any atom is 0.417 e. The van der Waals surface area contributed by atoms with E-state index in [1.54, 1.807) is 63.2 Å². The van der Waals surface area contributed by atoms with E-state index in [1.807, 2.05) is 0 Å². The number of hydrogen-bond acceptors (Lipinski definition) is 5. The van der Waals surface area contributed by atoms with E-state index in [9.17, 15) is 18.0 Å². The molecule has 0 unspecified atom stereocenters. The van der Waals surface area contributed by atoms with E-state index in [1.165, 1.54) is 6.07 Å². The number of aromatic nitrogens is 3. The SMILES string of the molecule is CN=C(N=C(C)c1cnn(C)c1COc1ccc(C(F)(F)F)cn1)c1cccc(C(=O)NC)c1. The zero-order valence-electron chi connectivity index (χ0n) is 19.0. The fourth-order valence-electron chi connectivity index (χ4n) is 3.12. The van der Waals surface area contributed by atoms with Crippen molar-refractivity contribution in [3.05, 3.63) is 76.7 Å². The Morgan fingerprint density at radius 3 is 2.53 bits per heavy atom. The number of halogens is 3. The number of hydrogen-bond donors (Lipinski definition) is 1. The summed E-state index contributed by atoms with van der Waals surface area (Å²) in [6.45, 7) is 1.80. The fourth-order valence-corrected chi connectivity index (χ4v) is 3.12. The van der Waals surface area contributed by atoms with Gasteiger partial charge in [0.25, 0.3) is 5.91 Å². The van der Waals surface area contributed by atoms with Crippen molar-refractivity contribution in [2.75, 3.05) is 14.1 Å². The molecule has 0 aliphatic rings. The van der Waals surface area contributed by atoms with Gasteiger partial charge >= 0.3 is 6.18 Å². The maximum absolute atomic E-state index is 12.7. The first-order chi connectivity index (χ1) is 16.1. The molecule has 1 aromatic carbocycles. The van der Waals surface area contributed by atoms with Crippen molar-refractivity contribution in [3.63, 3.8) is 0 Å². The number of alkyl halides is 3. The Morgan fingerprint density at radius 1 is 1.18 bits per heavy atom. The van der Waals surface area contributed by atoms with Crippen LogP contribution in [-0.4, -0.2) is 46.3 Å². The minimum absolute atomic E-state index is 0.0157. The van der Waals surface area contributed by atoms with Crippen LogP contribution in [0.2, 0.25) is 0 Å². The molecule has 0 aliphatic carbocycles. The van der Waals surface area contributed by atoms with Crippen LogP contribution in [0.25, 0.3) is 0 Å². The molecule has 0 bridgehead atoms. The van der Waals surface area contributed by atoms with Crippen molar-refractivity contribution in [1.29, 1.82) is 0 Å². The molecule has 11 heteroatoms. The van der Waals surface area contributed by atoms with Crippen molar-refractivity contribution in [2.24, 2.45) is 17.0 Å². The predicted octanol–water partition coefficient (Wildman–Crippen LogP) is 3.66. The molecule has 0 saturated carbocycles. The first-order valence-electron chi connectivity index (χ1n) is 10.2. The highest BCUT2D eigenvalue weighted by atomic mass is 19.4. The molecule has 1 amide bonds. The van der Waals surface area contributed by atoms with E-state index in [-0.39, 0.29) is 18.4 Å². The van der Waals surface area contributed by atoms with Gasteiger partial charge in [-0.25, -0.2) is 9.98 Å². The normalized spacial score (nSPS) is 12.6. The van der Waals surface area contributed by atoms with Crippen molar-refractivity contribution in [2.45, 2.75) is 19.7 Å². The molecule has 2 heterocycles. The van der Waals surface area contributed by atoms with Gasteiger partial charge in [-0.1, -0.05) is 12.1 Å². The Labute approximate surface area is 194 Å². The van der Waals surface area contributed by atoms with Gasteiger partial charge in [-0.3, -0.25) is 14.5 Å². The molecule has 0 spiro atoms. The van der Waals surface area contributed by atoms with Crippen LogP contribution >= 0.6 is 0 Å². The number of carbonyl (C=O) groups is 1. The standard InChI is InChI=1S/C23H23F3N6O2/c1-14(31-21(27-2)15-6-5-7-16(10-15)22(33)28-3)18-12-30-32(4)19(18)13-34-20-9-8-17(11-29-20)23(24,25)26/h5-12H,13H2,1-4H3,(H,28,33). The van der Waals surface area contributed by atoms with Gasteiger partial charge in [0, 0.05) is 50.1 Å². The van der Waals surface area contributed by atoms with Crippen LogP contribution in [0.5, 0.6) is 5.88 Å². The summed E-state index contributed by atoms with van der Waals surface area (Å²) in [5.41, 5.74) is 2.22. The Balaban J connectivity index is 1.82. The topological polar surface area (TPSA) is 93.8 Å². The molecule has 0 radical (unpaired) electrons. The lowest BCUT2D eigenvalue weighted by molar-refractivity contribution is -0.137. The minimum Gasteiger partial charge on any atom is -0.471 e. The zero-order valence-corrected chi connectivity index (χ0v) is 19.0. The summed E-state index contributed by atoms with van der Waals surface area (Å²) in [6, 6.07) is 9.02. The average Bonchev–Trinajstić information content (AvgIpc) is 3.20. The average molecular weight is 472 g/mol. The highest BCUT2D eigenvalue weighted by molar-refractivity contribution is 6.12. The van der Waals surface area contributed by atoms with Crippen LogP contribution in [0, 0.1) is 0 Å². The van der Waals surface area contributed by atoms with Crippen molar-refractivity contribution in [1.82, 2.24) is 20.1 Å². The third-order valence-corrected chi connectivity index (χ3v) is 4.97. The quantitative estimate of drug-likeness (QED) is 0.438. The van der Waals surface area contributed by atoms with Crippen LogP contribution in [0.1, 0.15) is 39.7 Å². The number of rotatable bonds is 6. The van der Waals surface area contributed by atoms with E-state index in [0.717, 1.165) is 12.3 Å². The van der Waals surface area contributed by atoms with E-state index >= 15 is 0 Å². The number of aryl methyl sites for hydroxylation is 1. The van der Waals surface area contributed by atoms with Gasteiger partial charge in [0.1, 0.15) is 6.61 Å². The van der Waals surface area contributed by atoms with Gasteiger partial charge < -0.3 is 10.1 Å². The number of aliphatic imine (C=N–C) groups is 2. The third kappa shape index (κ3) is 5.66. The molecule has 8 nitrogen and oxygen atoms in total. The fraction of sp³-hybridized carbons (Fsp3) is 0.261. The molecule has 2 aromatic heterocycles. The monoisotopic (exact) mass is 472 g/mol. The molecule has 0 atom stereocenters. The van der Waals surface area contributed by atoms with Crippen molar-refractivity contribution >= 4 is 17.5 Å². The predicted molar refractivity (Wildman–Crippen MR) is 121 cm³/mol. The molecule has 178 valence electrons. The van der Waals surface area contributed by atoms with Gasteiger partial charge in [-0.15, -0.1) is 0 Å². The summed E-state index contributed by atoms with van der Waals surface area (Å²) in [6.07, 6.45) is -2.12. The number of amides is 1. The Bertz CT molecular complexity index is 1230. The summed E-state index contributed by atoms with van der Waals surface area (Å²) >= 11 is 0. The molecule has 0 fully saturated rings. The third-order valence-electron chi connectivity index (χ3n) is 4.97. The lowest BCUT2D eigenvalue weighted by Gasteiger charge is -2.10. The second-order valence-electron chi connectivity index (χ2n) is 7.20. The van der Waals surface area contributed by atoms with E-state index in [4.69, 9.17) is 4.74 Å². The lowest BCUT2D eigenvalue weighted by Crippen LogP contribution is -2.18. The molecule has 0 aliphatic heterocycles. The lowest BCUT2D eigenvalue weighted by atomic mass is 10.1. The van der Waals surface area contributed by atoms with Gasteiger partial charge in [0.05, 0.1) is 23.2 Å². The summed E-state index contributed by atoms with van der Waals surface area (Å²) in [4.78, 5) is 24.5. The Hall–Kier alpha value is -4.02. The van der Waals surface area contributed by atoms with Crippen LogP contribution in [0.15, 0.2) is 58.8 Å². The van der Waals surface area contributed by atoms with Gasteiger partial charge in [0.15, 0.2) is 5.84 Å². The van der Waals surface area contributed by atoms with Gasteiger partial charge in [-0.05, 0) is 25.1 Å². The number of nitrogens with one attached hydrogen (secondary N) is 1. The number of amidine groups is 1. The molecule has 3 rings (SSSR count). The first-order valence-corrected chi connectivity index (χ1v) is 10.2. The maximum atomic E-state index is 12.7. The summed E-state index contributed by atoms with van der Waals surface area (Å²) in [7, 11) is 4.87. The number of benzene rings is 1. The number of carbonyl (C=O) groups excluding carboxylic acids is 1. The molecule has 3 aromatic rings. The zero-order chi connectivity index (χ0) is 24.9. The molecular formula is C23H23F3N6O2. The Morgan fingerprint density at radius 2 is 1.91 bits per heavy atom. The van der Waals surface area contributed by atoms with E-state index in [2.05, 4.69) is 25.4 Å². The smallest absolute Gasteiger partial charge is 0.417 e. The van der Waals surface area contributed by atoms with Crippen molar-refractivity contribution in [3.8, 4) is 5.88 Å². The minimum atomic E-state index is -4.47. The van der Waals surface area contributed by atoms with E-state index in [0.29, 0.717) is 33.9 Å². The first kappa shape index (κ1) is 24.6. The van der Waals surface area contributed by atoms with Crippen LogP contribution in [0.3, 0.4) is 0 Å². The molecular weight excluding hydrogens is 449 g/mol. The van der Waals surface area contributed by atoms with Crippen molar-refractivity contribution < 1.29 is 22.7 Å². The Kier molecular flexibility index (Phi) is 7.44. The highest BCUT2D eigenvalue weighted by Crippen LogP contribution is 2.29. The molecule has 0 saturated heterocycles. The highest BCUT2D eigenvalue weighted by Gasteiger charge is 2.30. The van der Waals surface area contributed by atoms with E-state index < -0.39 is 11.7 Å². The number of pyridine rings is 1. The molecule has 1 N–H and O–H groups in total. The van der Waals surface area contributed by atoms with Gasteiger partial charge in [0.2, 0.25) is 5.88 Å². The summed E-state index contributed by atoms with van der Waals surface area (Å²) in [5, 5.41) is 6.82. The van der Waals surface area contributed by atoms with Crippen LogP contribution in [-0.2, 0) is 19.8 Å². The summed E-state index contributed by atoms with van der Waals surface area (Å²) < 4.78 is 45.4. The van der Waals surface area contributed by atoms with Crippen LogP contribution in [0.4, 0.5) is 13.2 Å². The number of nitrogens with zero attached hydrogens (tertiary/aromatic N) is 5. The van der Waals surface area contributed by atoms with Gasteiger partial charge in [-0.2, -0.15) is 18.3 Å².